The van der Waals surface area contributed by atoms with Gasteiger partial charge in [-0.3, -0.25) is 0 Å². The molecule has 0 bridgehead atoms. The van der Waals surface area contributed by atoms with Gasteiger partial charge in [-0.1, -0.05) is 0 Å². The monoisotopic (exact) mass is 190 g/mol. The average Bonchev–Trinajstić information content (AvgIpc) is 2.65. The van der Waals surface area contributed by atoms with Crippen molar-refractivity contribution in [1.82, 2.24) is 10.2 Å². The van der Waals surface area contributed by atoms with Gasteiger partial charge in [0, 0.05) is 0 Å². The van der Waals surface area contributed by atoms with Crippen molar-refractivity contribution < 1.29 is 4.42 Å². The van der Waals surface area contributed by atoms with Crippen LogP contribution in [0.15, 0.2) is 28.7 Å². The zero-order valence-electron chi connectivity index (χ0n) is 7.69. The van der Waals surface area contributed by atoms with Crippen LogP contribution < -0.4 is 11.3 Å². The van der Waals surface area contributed by atoms with Gasteiger partial charge in [0.25, 0.3) is 0 Å². The minimum Gasteiger partial charge on any atom is -0.460 e. The molecule has 2 heterocycles. The average molecular weight is 190 g/mol. The topological polar surface area (TPSA) is 77.0 Å². The number of aromatic nitrogens is 2. The number of hydrogen-bond donors (Lipinski definition) is 2. The number of hydrazine groups is 1. The number of nitrogens with zero attached hydrogens (tertiary/aromatic N) is 2. The van der Waals surface area contributed by atoms with Crippen LogP contribution in [0.1, 0.15) is 5.76 Å². The molecular formula is C9H10N4O. The lowest BCUT2D eigenvalue weighted by atomic mass is 10.3. The van der Waals surface area contributed by atoms with Crippen LogP contribution in [0, 0.1) is 6.92 Å². The molecule has 0 saturated heterocycles. The Hall–Kier alpha value is -1.88. The second-order valence-electron chi connectivity index (χ2n) is 2.86. The van der Waals surface area contributed by atoms with E-state index in [9.17, 15) is 0 Å². The molecule has 2 rings (SSSR count). The van der Waals surface area contributed by atoms with E-state index in [0.717, 1.165) is 5.76 Å². The molecule has 0 aromatic carbocycles. The largest absolute Gasteiger partial charge is 0.460 e. The number of aryl methyl sites for hydroxylation is 1. The van der Waals surface area contributed by atoms with E-state index in [-0.39, 0.29) is 0 Å². The van der Waals surface area contributed by atoms with E-state index >= 15 is 0 Å². The first kappa shape index (κ1) is 8.71. The van der Waals surface area contributed by atoms with Crippen LogP contribution in [-0.2, 0) is 0 Å². The second kappa shape index (κ2) is 3.47. The number of furan rings is 1. The highest BCUT2D eigenvalue weighted by Crippen LogP contribution is 2.19. The summed E-state index contributed by atoms with van der Waals surface area (Å²) < 4.78 is 5.39. The molecule has 0 aliphatic heterocycles. The molecule has 14 heavy (non-hydrogen) atoms. The fourth-order valence-corrected chi connectivity index (χ4v) is 1.11. The Morgan fingerprint density at radius 2 is 2.07 bits per heavy atom. The van der Waals surface area contributed by atoms with Crippen molar-refractivity contribution in [3.05, 3.63) is 30.0 Å². The maximum atomic E-state index is 5.39. The fraction of sp³-hybridized carbons (Fsp3) is 0.111. The first-order chi connectivity index (χ1) is 6.79. The van der Waals surface area contributed by atoms with E-state index in [1.165, 1.54) is 0 Å². The highest BCUT2D eigenvalue weighted by molar-refractivity contribution is 5.53. The Balaban J connectivity index is 2.33. The molecule has 0 spiro atoms. The predicted molar refractivity (Wildman–Crippen MR) is 52.3 cm³/mol. The molecule has 0 amide bonds. The normalized spacial score (nSPS) is 10.1. The third-order valence-corrected chi connectivity index (χ3v) is 1.81. The lowest BCUT2D eigenvalue weighted by Crippen LogP contribution is -2.08. The van der Waals surface area contributed by atoms with Crippen LogP contribution in [0.4, 0.5) is 5.82 Å². The molecule has 0 unspecified atom stereocenters. The quantitative estimate of drug-likeness (QED) is 0.551. The van der Waals surface area contributed by atoms with Gasteiger partial charge in [0.05, 0.1) is 0 Å². The summed E-state index contributed by atoms with van der Waals surface area (Å²) in [6.07, 6.45) is 0. The lowest BCUT2D eigenvalue weighted by Gasteiger charge is -1.97. The van der Waals surface area contributed by atoms with Gasteiger partial charge in [0.1, 0.15) is 11.5 Å². The zero-order chi connectivity index (χ0) is 9.97. The summed E-state index contributed by atoms with van der Waals surface area (Å²) in [6.45, 7) is 1.88. The SMILES string of the molecule is Cc1ccc(-c2ccc(NN)nn2)o1. The van der Waals surface area contributed by atoms with Crippen molar-refractivity contribution in [3.8, 4) is 11.5 Å². The van der Waals surface area contributed by atoms with Crippen molar-refractivity contribution in [3.63, 3.8) is 0 Å². The van der Waals surface area contributed by atoms with Crippen molar-refractivity contribution in [1.29, 1.82) is 0 Å². The molecule has 0 saturated carbocycles. The number of hydrogen-bond acceptors (Lipinski definition) is 5. The van der Waals surface area contributed by atoms with E-state index in [2.05, 4.69) is 15.6 Å². The third-order valence-electron chi connectivity index (χ3n) is 1.81. The standard InChI is InChI=1S/C9H10N4O/c1-6-2-4-8(14-6)7-3-5-9(11-10)13-12-7/h2-5H,10H2,1H3,(H,11,13). The van der Waals surface area contributed by atoms with Crippen molar-refractivity contribution in [2.45, 2.75) is 6.92 Å². The zero-order valence-corrected chi connectivity index (χ0v) is 7.69. The molecule has 3 N–H and O–H groups in total. The Labute approximate surface area is 80.9 Å². The van der Waals surface area contributed by atoms with Gasteiger partial charge in [-0.15, -0.1) is 10.2 Å². The molecule has 0 aliphatic carbocycles. The Kier molecular flexibility index (Phi) is 2.16. The molecule has 0 fully saturated rings. The smallest absolute Gasteiger partial charge is 0.162 e. The van der Waals surface area contributed by atoms with Crippen LogP contribution in [0.3, 0.4) is 0 Å². The maximum absolute atomic E-state index is 5.39. The van der Waals surface area contributed by atoms with Crippen LogP contribution >= 0.6 is 0 Å². The molecule has 0 atom stereocenters. The van der Waals surface area contributed by atoms with Crippen LogP contribution in [0.25, 0.3) is 11.5 Å². The van der Waals surface area contributed by atoms with Gasteiger partial charge in [-0.2, -0.15) is 0 Å². The van der Waals surface area contributed by atoms with E-state index < -0.39 is 0 Å². The molecule has 2 aromatic heterocycles. The van der Waals surface area contributed by atoms with Crippen LogP contribution in [-0.4, -0.2) is 10.2 Å². The molecular weight excluding hydrogens is 180 g/mol. The minimum absolute atomic E-state index is 0.525. The second-order valence-corrected chi connectivity index (χ2v) is 2.86. The minimum atomic E-state index is 0.525. The summed E-state index contributed by atoms with van der Waals surface area (Å²) in [6, 6.07) is 7.27. The highest BCUT2D eigenvalue weighted by Gasteiger charge is 2.04. The van der Waals surface area contributed by atoms with E-state index in [1.807, 2.05) is 19.1 Å². The molecule has 0 radical (unpaired) electrons. The number of nitrogens with two attached hydrogens (primary N) is 1. The summed E-state index contributed by atoms with van der Waals surface area (Å²) in [5, 5.41) is 7.78. The summed E-state index contributed by atoms with van der Waals surface area (Å²) in [7, 11) is 0. The van der Waals surface area contributed by atoms with Crippen molar-refractivity contribution in [2.75, 3.05) is 5.43 Å². The fourth-order valence-electron chi connectivity index (χ4n) is 1.11. The third kappa shape index (κ3) is 1.57. The highest BCUT2D eigenvalue weighted by atomic mass is 16.3. The van der Waals surface area contributed by atoms with E-state index in [4.69, 9.17) is 10.3 Å². The summed E-state index contributed by atoms with van der Waals surface area (Å²) >= 11 is 0. The van der Waals surface area contributed by atoms with Gasteiger partial charge in [0.2, 0.25) is 0 Å². The summed E-state index contributed by atoms with van der Waals surface area (Å²) in [5.41, 5.74) is 3.10. The lowest BCUT2D eigenvalue weighted by molar-refractivity contribution is 0.545. The van der Waals surface area contributed by atoms with Gasteiger partial charge in [-0.25, -0.2) is 5.84 Å². The summed E-state index contributed by atoms with van der Waals surface area (Å²) in [4.78, 5) is 0. The van der Waals surface area contributed by atoms with Crippen molar-refractivity contribution >= 4 is 5.82 Å². The first-order valence-electron chi connectivity index (χ1n) is 4.17. The molecule has 2 aromatic rings. The Morgan fingerprint density at radius 3 is 2.57 bits per heavy atom. The van der Waals surface area contributed by atoms with Crippen LogP contribution in [0.2, 0.25) is 0 Å². The Bertz CT molecular complexity index is 421. The van der Waals surface area contributed by atoms with Crippen LogP contribution in [0.5, 0.6) is 0 Å². The first-order valence-corrected chi connectivity index (χ1v) is 4.17. The number of nitrogen functional groups attached to an aromatic ring is 1. The molecule has 0 aliphatic rings. The number of anilines is 1. The number of nitrogens with one attached hydrogen (secondary N) is 1. The van der Waals surface area contributed by atoms with E-state index in [0.29, 0.717) is 17.3 Å². The van der Waals surface area contributed by atoms with Crippen molar-refractivity contribution in [2.24, 2.45) is 5.84 Å². The number of rotatable bonds is 2. The van der Waals surface area contributed by atoms with Gasteiger partial charge < -0.3 is 9.84 Å². The van der Waals surface area contributed by atoms with Gasteiger partial charge in [-0.05, 0) is 31.2 Å². The Morgan fingerprint density at radius 1 is 1.21 bits per heavy atom. The summed E-state index contributed by atoms with van der Waals surface area (Å²) in [5.74, 6) is 7.25. The van der Waals surface area contributed by atoms with Gasteiger partial charge >= 0.3 is 0 Å². The maximum Gasteiger partial charge on any atom is 0.162 e. The molecule has 5 heteroatoms. The molecule has 5 nitrogen and oxygen atoms in total. The van der Waals surface area contributed by atoms with Gasteiger partial charge in [0.15, 0.2) is 11.6 Å². The molecule has 72 valence electrons. The predicted octanol–water partition coefficient (Wildman–Crippen LogP) is 1.33. The van der Waals surface area contributed by atoms with E-state index in [1.54, 1.807) is 12.1 Å².